The Hall–Kier alpha value is -2.50. The molecule has 0 bridgehead atoms. The average Bonchev–Trinajstić information content (AvgIpc) is 2.78. The molecule has 0 fully saturated rings. The molecule has 0 heterocycles. The van der Waals surface area contributed by atoms with Gasteiger partial charge in [0.1, 0.15) is 12.4 Å². The molecule has 0 atom stereocenters. The van der Waals surface area contributed by atoms with Crippen LogP contribution in [0, 0.1) is 6.92 Å². The van der Waals surface area contributed by atoms with Gasteiger partial charge in [-0.05, 0) is 43.3 Å². The van der Waals surface area contributed by atoms with E-state index in [1.165, 1.54) is 19.1 Å². The summed E-state index contributed by atoms with van der Waals surface area (Å²) in [6, 6.07) is 13.5. The third kappa shape index (κ3) is 11.3. The summed E-state index contributed by atoms with van der Waals surface area (Å²) in [7, 11) is -3.77. The van der Waals surface area contributed by atoms with Crippen molar-refractivity contribution >= 4 is 21.7 Å². The molecule has 2 aromatic rings. The van der Waals surface area contributed by atoms with Crippen molar-refractivity contribution < 1.29 is 36.3 Å². The number of nitrogens with one attached hydrogen (secondary N) is 1. The number of rotatable bonds is 16. The number of hydrogen-bond donors (Lipinski definition) is 1. The largest absolute Gasteiger partial charge is 0.491 e. The van der Waals surface area contributed by atoms with Gasteiger partial charge in [-0.2, -0.15) is 8.42 Å². The zero-order valence-electron chi connectivity index (χ0n) is 18.9. The minimum absolute atomic E-state index is 0.0602. The van der Waals surface area contributed by atoms with Gasteiger partial charge in [-0.1, -0.05) is 17.7 Å². The number of carbonyl (C=O) groups is 1. The van der Waals surface area contributed by atoms with Crippen LogP contribution in [0.5, 0.6) is 5.75 Å². The molecule has 0 saturated heterocycles. The molecule has 2 rings (SSSR count). The fraction of sp³-hybridized carbons (Fsp3) is 0.435. The number of anilines is 1. The Morgan fingerprint density at radius 1 is 0.758 bits per heavy atom. The molecule has 0 aliphatic rings. The van der Waals surface area contributed by atoms with Crippen molar-refractivity contribution in [2.45, 2.75) is 18.7 Å². The Balaban J connectivity index is 1.40. The highest BCUT2D eigenvalue weighted by atomic mass is 32.2. The number of carbonyl (C=O) groups excluding carboxylic acids is 1. The van der Waals surface area contributed by atoms with Crippen molar-refractivity contribution in [1.29, 1.82) is 0 Å². The van der Waals surface area contributed by atoms with Crippen LogP contribution in [0.3, 0.4) is 0 Å². The predicted molar refractivity (Wildman–Crippen MR) is 123 cm³/mol. The second-order valence-electron chi connectivity index (χ2n) is 6.98. The van der Waals surface area contributed by atoms with E-state index in [4.69, 9.17) is 23.1 Å². The maximum Gasteiger partial charge on any atom is 0.297 e. The van der Waals surface area contributed by atoms with Gasteiger partial charge in [-0.3, -0.25) is 8.98 Å². The van der Waals surface area contributed by atoms with Crippen molar-refractivity contribution in [3.63, 3.8) is 0 Å². The monoisotopic (exact) mass is 481 g/mol. The third-order valence-corrected chi connectivity index (χ3v) is 5.52. The lowest BCUT2D eigenvalue weighted by atomic mass is 10.2. The Kier molecular flexibility index (Phi) is 11.8. The van der Waals surface area contributed by atoms with Crippen LogP contribution in [-0.4, -0.2) is 67.2 Å². The van der Waals surface area contributed by atoms with Crippen LogP contribution in [-0.2, 0) is 33.3 Å². The summed E-state index contributed by atoms with van der Waals surface area (Å²) in [6.45, 7) is 5.76. The van der Waals surface area contributed by atoms with Crippen LogP contribution < -0.4 is 10.1 Å². The van der Waals surface area contributed by atoms with E-state index >= 15 is 0 Å². The Labute approximate surface area is 195 Å². The minimum atomic E-state index is -3.77. The second-order valence-corrected chi connectivity index (χ2v) is 8.60. The molecule has 1 N–H and O–H groups in total. The van der Waals surface area contributed by atoms with Crippen LogP contribution in [0.25, 0.3) is 0 Å². The van der Waals surface area contributed by atoms with Crippen LogP contribution >= 0.6 is 0 Å². The van der Waals surface area contributed by atoms with E-state index in [-0.39, 0.29) is 24.0 Å². The summed E-state index contributed by atoms with van der Waals surface area (Å²) in [5.74, 6) is 0.570. The van der Waals surface area contributed by atoms with Crippen LogP contribution in [0.1, 0.15) is 12.5 Å². The van der Waals surface area contributed by atoms with Gasteiger partial charge in [-0.25, -0.2) is 0 Å². The van der Waals surface area contributed by atoms with E-state index in [0.29, 0.717) is 51.1 Å². The van der Waals surface area contributed by atoms with Crippen molar-refractivity contribution in [2.75, 3.05) is 58.2 Å². The molecule has 182 valence electrons. The zero-order chi connectivity index (χ0) is 23.9. The van der Waals surface area contributed by atoms with E-state index in [0.717, 1.165) is 5.56 Å². The molecular formula is C23H31NO8S. The van der Waals surface area contributed by atoms with Gasteiger partial charge in [0, 0.05) is 12.6 Å². The van der Waals surface area contributed by atoms with Crippen molar-refractivity contribution in [3.8, 4) is 5.75 Å². The van der Waals surface area contributed by atoms with Crippen LogP contribution in [0.4, 0.5) is 5.69 Å². The SMILES string of the molecule is CC(=O)Nc1ccc(OCCOCCOCCOCCOS(=O)(=O)c2ccc(C)cc2)cc1. The smallest absolute Gasteiger partial charge is 0.297 e. The first-order chi connectivity index (χ1) is 15.9. The third-order valence-electron chi connectivity index (χ3n) is 4.19. The summed E-state index contributed by atoms with van der Waals surface area (Å²) in [5.41, 5.74) is 1.69. The number of ether oxygens (including phenoxy) is 4. The molecular weight excluding hydrogens is 450 g/mol. The lowest BCUT2D eigenvalue weighted by Gasteiger charge is -2.09. The van der Waals surface area contributed by atoms with Gasteiger partial charge < -0.3 is 24.3 Å². The van der Waals surface area contributed by atoms with Gasteiger partial charge in [0.15, 0.2) is 0 Å². The lowest BCUT2D eigenvalue weighted by Crippen LogP contribution is -2.15. The quantitative estimate of drug-likeness (QED) is 0.288. The molecule has 9 nitrogen and oxygen atoms in total. The molecule has 1 amide bonds. The topological polar surface area (TPSA) is 109 Å². The Morgan fingerprint density at radius 2 is 1.27 bits per heavy atom. The number of hydrogen-bond acceptors (Lipinski definition) is 8. The molecule has 0 radical (unpaired) electrons. The zero-order valence-corrected chi connectivity index (χ0v) is 19.8. The molecule has 10 heteroatoms. The summed E-state index contributed by atoms with van der Waals surface area (Å²) >= 11 is 0. The highest BCUT2D eigenvalue weighted by molar-refractivity contribution is 7.86. The highest BCUT2D eigenvalue weighted by Gasteiger charge is 2.14. The van der Waals surface area contributed by atoms with Gasteiger partial charge in [0.2, 0.25) is 5.91 Å². The first-order valence-corrected chi connectivity index (χ1v) is 12.0. The fourth-order valence-corrected chi connectivity index (χ4v) is 3.47. The van der Waals surface area contributed by atoms with E-state index in [2.05, 4.69) is 5.32 Å². The Morgan fingerprint density at radius 3 is 1.82 bits per heavy atom. The molecule has 0 saturated carbocycles. The average molecular weight is 482 g/mol. The lowest BCUT2D eigenvalue weighted by molar-refractivity contribution is -0.114. The van der Waals surface area contributed by atoms with Gasteiger partial charge in [0.25, 0.3) is 10.1 Å². The predicted octanol–water partition coefficient (Wildman–Crippen LogP) is 2.79. The summed E-state index contributed by atoms with van der Waals surface area (Å²) in [6.07, 6.45) is 0. The summed E-state index contributed by atoms with van der Waals surface area (Å²) in [4.78, 5) is 11.1. The van der Waals surface area contributed by atoms with Gasteiger partial charge >= 0.3 is 0 Å². The van der Waals surface area contributed by atoms with Gasteiger partial charge in [-0.15, -0.1) is 0 Å². The van der Waals surface area contributed by atoms with E-state index in [9.17, 15) is 13.2 Å². The summed E-state index contributed by atoms with van der Waals surface area (Å²) in [5, 5.41) is 2.69. The van der Waals surface area contributed by atoms with Crippen molar-refractivity contribution in [2.24, 2.45) is 0 Å². The first kappa shape index (κ1) is 26.7. The van der Waals surface area contributed by atoms with Crippen LogP contribution in [0.2, 0.25) is 0 Å². The highest BCUT2D eigenvalue weighted by Crippen LogP contribution is 2.15. The standard InChI is InChI=1S/C23H31NO8S/c1-19-3-9-23(10-4-19)33(26,27)32-18-16-30-14-12-28-11-13-29-15-17-31-22-7-5-21(6-8-22)24-20(2)25/h3-10H,11-18H2,1-2H3,(H,24,25). The fourth-order valence-electron chi connectivity index (χ4n) is 2.57. The van der Waals surface area contributed by atoms with Crippen LogP contribution in [0.15, 0.2) is 53.4 Å². The number of amides is 1. The molecule has 2 aromatic carbocycles. The van der Waals surface area contributed by atoms with E-state index in [1.54, 1.807) is 36.4 Å². The first-order valence-electron chi connectivity index (χ1n) is 10.6. The molecule has 0 unspecified atom stereocenters. The molecule has 0 spiro atoms. The summed E-state index contributed by atoms with van der Waals surface area (Å²) < 4.78 is 50.7. The number of aryl methyl sites for hydroxylation is 1. The minimum Gasteiger partial charge on any atom is -0.491 e. The maximum atomic E-state index is 12.0. The van der Waals surface area contributed by atoms with Crippen molar-refractivity contribution in [3.05, 3.63) is 54.1 Å². The normalized spacial score (nSPS) is 11.3. The molecule has 0 aromatic heterocycles. The van der Waals surface area contributed by atoms with E-state index < -0.39 is 10.1 Å². The Bertz CT molecular complexity index is 930. The van der Waals surface area contributed by atoms with Gasteiger partial charge in [0.05, 0.1) is 51.1 Å². The maximum absolute atomic E-state index is 12.0. The molecule has 33 heavy (non-hydrogen) atoms. The molecule has 0 aliphatic heterocycles. The second kappa shape index (κ2) is 14.6. The van der Waals surface area contributed by atoms with Crippen molar-refractivity contribution in [1.82, 2.24) is 0 Å². The van der Waals surface area contributed by atoms with E-state index in [1.807, 2.05) is 6.92 Å². The molecule has 0 aliphatic carbocycles. The number of benzene rings is 2.